The Bertz CT molecular complexity index is 413. The van der Waals surface area contributed by atoms with Gasteiger partial charge in [0.2, 0.25) is 0 Å². The van der Waals surface area contributed by atoms with Crippen molar-refractivity contribution in [2.45, 2.75) is 18.3 Å². The van der Waals surface area contributed by atoms with Crippen molar-refractivity contribution in [2.75, 3.05) is 7.11 Å². The summed E-state index contributed by atoms with van der Waals surface area (Å²) in [5, 5.41) is 0. The third-order valence-electron chi connectivity index (χ3n) is 2.75. The molecule has 2 rings (SSSR count). The molecule has 0 saturated heterocycles. The van der Waals surface area contributed by atoms with Crippen molar-refractivity contribution in [2.24, 2.45) is 0 Å². The number of hydrogen-bond donors (Lipinski definition) is 0. The maximum Gasteiger partial charge on any atom is 0.132 e. The number of hydrogen-bond acceptors (Lipinski definition) is 2. The second-order valence-electron chi connectivity index (χ2n) is 3.74. The van der Waals surface area contributed by atoms with E-state index in [2.05, 4.69) is 15.9 Å². The van der Waals surface area contributed by atoms with Crippen LogP contribution < -0.4 is 4.74 Å². The Morgan fingerprint density at radius 2 is 2.20 bits per heavy atom. The van der Waals surface area contributed by atoms with Crippen LogP contribution in [0.2, 0.25) is 0 Å². The minimum absolute atomic E-state index is 0.383. The van der Waals surface area contributed by atoms with Crippen molar-refractivity contribution in [3.8, 4) is 5.75 Å². The molecule has 0 heterocycles. The SMILES string of the molecule is COc1cc(Br)cc(F)c1C1(C=O)CC1. The highest BCUT2D eigenvalue weighted by molar-refractivity contribution is 9.10. The van der Waals surface area contributed by atoms with Crippen LogP contribution in [-0.4, -0.2) is 13.4 Å². The van der Waals surface area contributed by atoms with E-state index in [1.54, 1.807) is 6.07 Å². The predicted octanol–water partition coefficient (Wildman–Crippen LogP) is 2.83. The fourth-order valence-corrected chi connectivity index (χ4v) is 2.16. The summed E-state index contributed by atoms with van der Waals surface area (Å²) < 4.78 is 19.5. The zero-order valence-electron chi connectivity index (χ0n) is 8.22. The molecule has 1 aliphatic rings. The molecular weight excluding hydrogens is 263 g/mol. The molecule has 0 aromatic heterocycles. The number of aldehydes is 1. The largest absolute Gasteiger partial charge is 0.496 e. The van der Waals surface area contributed by atoms with Gasteiger partial charge in [0.1, 0.15) is 17.9 Å². The Balaban J connectivity index is 2.59. The average Bonchev–Trinajstić information content (AvgIpc) is 2.97. The fourth-order valence-electron chi connectivity index (χ4n) is 1.76. The topological polar surface area (TPSA) is 26.3 Å². The van der Waals surface area contributed by atoms with Crippen LogP contribution in [0.15, 0.2) is 16.6 Å². The second-order valence-corrected chi connectivity index (χ2v) is 4.65. The molecule has 80 valence electrons. The van der Waals surface area contributed by atoms with E-state index in [-0.39, 0.29) is 5.82 Å². The molecule has 4 heteroatoms. The van der Waals surface area contributed by atoms with E-state index in [9.17, 15) is 9.18 Å². The van der Waals surface area contributed by atoms with Crippen molar-refractivity contribution in [1.82, 2.24) is 0 Å². The van der Waals surface area contributed by atoms with Gasteiger partial charge in [0, 0.05) is 10.0 Å². The third kappa shape index (κ3) is 1.67. The van der Waals surface area contributed by atoms with Gasteiger partial charge in [0.05, 0.1) is 12.5 Å². The van der Waals surface area contributed by atoms with E-state index in [1.165, 1.54) is 13.2 Å². The molecule has 0 atom stereocenters. The maximum atomic E-state index is 13.8. The van der Waals surface area contributed by atoms with Gasteiger partial charge in [-0.2, -0.15) is 0 Å². The quantitative estimate of drug-likeness (QED) is 0.791. The molecule has 15 heavy (non-hydrogen) atoms. The van der Waals surface area contributed by atoms with Gasteiger partial charge in [-0.25, -0.2) is 4.39 Å². The average molecular weight is 273 g/mol. The van der Waals surface area contributed by atoms with Gasteiger partial charge in [-0.1, -0.05) is 15.9 Å². The summed E-state index contributed by atoms with van der Waals surface area (Å²) >= 11 is 3.19. The van der Waals surface area contributed by atoms with Gasteiger partial charge in [-0.05, 0) is 25.0 Å². The molecule has 1 saturated carbocycles. The van der Waals surface area contributed by atoms with Crippen LogP contribution in [0.4, 0.5) is 4.39 Å². The van der Waals surface area contributed by atoms with Crippen molar-refractivity contribution in [3.05, 3.63) is 28.0 Å². The van der Waals surface area contributed by atoms with Crippen molar-refractivity contribution in [3.63, 3.8) is 0 Å². The highest BCUT2D eigenvalue weighted by Crippen LogP contribution is 2.51. The Labute approximate surface area is 95.6 Å². The van der Waals surface area contributed by atoms with Crippen LogP contribution in [-0.2, 0) is 10.2 Å². The molecule has 0 aliphatic heterocycles. The van der Waals surface area contributed by atoms with Crippen LogP contribution in [0.3, 0.4) is 0 Å². The minimum atomic E-state index is -0.643. The van der Waals surface area contributed by atoms with E-state index >= 15 is 0 Å². The van der Waals surface area contributed by atoms with Gasteiger partial charge in [-0.3, -0.25) is 0 Å². The first-order valence-electron chi connectivity index (χ1n) is 4.63. The van der Waals surface area contributed by atoms with Gasteiger partial charge in [-0.15, -0.1) is 0 Å². The number of methoxy groups -OCH3 is 1. The molecule has 0 N–H and O–H groups in total. The summed E-state index contributed by atoms with van der Waals surface area (Å²) in [7, 11) is 1.48. The van der Waals surface area contributed by atoms with Crippen LogP contribution in [0, 0.1) is 5.82 Å². The van der Waals surface area contributed by atoms with Crippen LogP contribution in [0.5, 0.6) is 5.75 Å². The minimum Gasteiger partial charge on any atom is -0.496 e. The van der Waals surface area contributed by atoms with Crippen molar-refractivity contribution < 1.29 is 13.9 Å². The van der Waals surface area contributed by atoms with Gasteiger partial charge < -0.3 is 9.53 Å². The third-order valence-corrected chi connectivity index (χ3v) is 3.21. The molecular formula is C11H10BrFO2. The highest BCUT2D eigenvalue weighted by atomic mass is 79.9. The normalized spacial score (nSPS) is 17.3. The maximum absolute atomic E-state index is 13.8. The van der Waals surface area contributed by atoms with E-state index in [0.717, 1.165) is 6.29 Å². The highest BCUT2D eigenvalue weighted by Gasteiger charge is 2.48. The lowest BCUT2D eigenvalue weighted by Gasteiger charge is -2.14. The summed E-state index contributed by atoms with van der Waals surface area (Å²) in [6.07, 6.45) is 2.22. The first-order chi connectivity index (χ1) is 7.13. The number of benzene rings is 1. The summed E-state index contributed by atoms with van der Waals surface area (Å²) in [5.74, 6) is 0.0531. The fraction of sp³-hybridized carbons (Fsp3) is 0.364. The number of rotatable bonds is 3. The van der Waals surface area contributed by atoms with Crippen LogP contribution >= 0.6 is 15.9 Å². The molecule has 1 aliphatic carbocycles. The Morgan fingerprint density at radius 3 is 2.67 bits per heavy atom. The summed E-state index contributed by atoms with van der Waals surface area (Å²) in [6, 6.07) is 3.05. The Kier molecular flexibility index (Phi) is 2.54. The molecule has 2 nitrogen and oxygen atoms in total. The monoisotopic (exact) mass is 272 g/mol. The van der Waals surface area contributed by atoms with Gasteiger partial charge >= 0.3 is 0 Å². The molecule has 1 aromatic rings. The second kappa shape index (κ2) is 3.59. The van der Waals surface area contributed by atoms with Crippen LogP contribution in [0.1, 0.15) is 18.4 Å². The predicted molar refractivity (Wildman–Crippen MR) is 57.6 cm³/mol. The lowest BCUT2D eigenvalue weighted by atomic mass is 9.96. The van der Waals surface area contributed by atoms with Crippen molar-refractivity contribution in [1.29, 1.82) is 0 Å². The lowest BCUT2D eigenvalue weighted by Crippen LogP contribution is -2.12. The lowest BCUT2D eigenvalue weighted by molar-refractivity contribution is -0.110. The van der Waals surface area contributed by atoms with Crippen LogP contribution in [0.25, 0.3) is 0 Å². The molecule has 0 spiro atoms. The molecule has 0 unspecified atom stereocenters. The molecule has 0 bridgehead atoms. The van der Waals surface area contributed by atoms with E-state index in [0.29, 0.717) is 28.6 Å². The first-order valence-corrected chi connectivity index (χ1v) is 5.42. The summed E-state index contributed by atoms with van der Waals surface area (Å²) in [4.78, 5) is 11.0. The van der Waals surface area contributed by atoms with E-state index < -0.39 is 5.41 Å². The number of halogens is 2. The first kappa shape index (κ1) is 10.6. The Morgan fingerprint density at radius 1 is 1.53 bits per heavy atom. The number of carbonyl (C=O) groups excluding carboxylic acids is 1. The Hall–Kier alpha value is -0.900. The summed E-state index contributed by atoms with van der Waals surface area (Å²) in [6.45, 7) is 0. The zero-order chi connectivity index (χ0) is 11.1. The molecule has 0 radical (unpaired) electrons. The molecule has 1 fully saturated rings. The summed E-state index contributed by atoms with van der Waals surface area (Å²) in [5.41, 5.74) is -0.251. The van der Waals surface area contributed by atoms with E-state index in [1.807, 2.05) is 0 Å². The van der Waals surface area contributed by atoms with Crippen molar-refractivity contribution >= 4 is 22.2 Å². The van der Waals surface area contributed by atoms with Gasteiger partial charge in [0.15, 0.2) is 0 Å². The number of carbonyl (C=O) groups is 1. The number of ether oxygens (including phenoxy) is 1. The standard InChI is InChI=1S/C11H10BrFO2/c1-15-9-5-7(12)4-8(13)10(9)11(6-14)2-3-11/h4-6H,2-3H2,1H3. The van der Waals surface area contributed by atoms with E-state index in [4.69, 9.17) is 4.74 Å². The zero-order valence-corrected chi connectivity index (χ0v) is 9.80. The molecule has 1 aromatic carbocycles. The molecule has 0 amide bonds. The van der Waals surface area contributed by atoms with Gasteiger partial charge in [0.25, 0.3) is 0 Å². The smallest absolute Gasteiger partial charge is 0.132 e.